The van der Waals surface area contributed by atoms with E-state index in [9.17, 15) is 9.59 Å². The molecule has 6 nitrogen and oxygen atoms in total. The molecule has 0 aliphatic rings. The molecule has 0 aliphatic heterocycles. The zero-order chi connectivity index (χ0) is 13.1. The van der Waals surface area contributed by atoms with Crippen LogP contribution < -0.4 is 11.5 Å². The summed E-state index contributed by atoms with van der Waals surface area (Å²) in [6.45, 7) is 0. The maximum Gasteiger partial charge on any atom is 0.321 e. The minimum atomic E-state index is -1.07. The van der Waals surface area contributed by atoms with Crippen LogP contribution >= 0.6 is 44.9 Å². The number of hydrogen-bond donors (Lipinski definition) is 6. The van der Waals surface area contributed by atoms with Crippen LogP contribution in [0.25, 0.3) is 0 Å². The summed E-state index contributed by atoms with van der Waals surface area (Å²) in [4.78, 5) is 20.5. The lowest BCUT2D eigenvalue weighted by Gasteiger charge is -2.07. The van der Waals surface area contributed by atoms with Crippen molar-refractivity contribution in [1.29, 1.82) is 0 Å². The van der Waals surface area contributed by atoms with Crippen LogP contribution in [0, 0.1) is 0 Å². The molecule has 6 N–H and O–H groups in total. The van der Waals surface area contributed by atoms with E-state index in [-0.39, 0.29) is 11.5 Å². The zero-order valence-electron chi connectivity index (χ0n) is 8.15. The van der Waals surface area contributed by atoms with E-state index in [4.69, 9.17) is 21.7 Å². The molecular weight excluding hydrogens is 292 g/mol. The van der Waals surface area contributed by atoms with Crippen molar-refractivity contribution >= 4 is 56.8 Å². The third-order valence-electron chi connectivity index (χ3n) is 1.21. The second-order valence-electron chi connectivity index (χ2n) is 2.46. The van der Waals surface area contributed by atoms with Gasteiger partial charge in [-0.3, -0.25) is 9.59 Å². The van der Waals surface area contributed by atoms with E-state index in [1.807, 2.05) is 0 Å². The zero-order valence-corrected chi connectivity index (χ0v) is 11.6. The van der Waals surface area contributed by atoms with E-state index in [2.05, 4.69) is 23.3 Å². The number of carboxylic acid groups (broad SMARTS) is 2. The van der Waals surface area contributed by atoms with Gasteiger partial charge in [0.05, 0.1) is 0 Å². The van der Waals surface area contributed by atoms with Gasteiger partial charge in [0, 0.05) is 11.5 Å². The molecule has 0 spiro atoms. The number of nitrogens with two attached hydrogens (primary N) is 2. The lowest BCUT2D eigenvalue weighted by atomic mass is 10.4. The predicted octanol–water partition coefficient (Wildman–Crippen LogP) is -0.0474. The molecule has 0 aromatic rings. The fourth-order valence-electron chi connectivity index (χ4n) is 0.385. The number of hydrogen-bond acceptors (Lipinski definition) is 8. The molecule has 10 heteroatoms. The molecule has 16 heavy (non-hydrogen) atoms. The Labute approximate surface area is 112 Å². The average Bonchev–Trinajstić information content (AvgIpc) is 2.26. The van der Waals surface area contributed by atoms with Crippen molar-refractivity contribution in [2.75, 3.05) is 11.5 Å². The second kappa shape index (κ2) is 11.7. The Morgan fingerprint density at radius 1 is 1.00 bits per heavy atom. The summed E-state index contributed by atoms with van der Waals surface area (Å²) in [5.41, 5.74) is 10.4. The largest absolute Gasteiger partial charge is 0.480 e. The van der Waals surface area contributed by atoms with Crippen molar-refractivity contribution in [3.05, 3.63) is 0 Å². The molecule has 0 heterocycles. The van der Waals surface area contributed by atoms with Crippen LogP contribution in [0.4, 0.5) is 0 Å². The molecule has 0 aromatic heterocycles. The summed E-state index contributed by atoms with van der Waals surface area (Å²) in [5.74, 6) is -1.68. The first kappa shape index (κ1) is 18.6. The van der Waals surface area contributed by atoms with Crippen LogP contribution in [0.3, 0.4) is 0 Å². The molecule has 0 fully saturated rings. The molecule has 0 radical (unpaired) electrons. The van der Waals surface area contributed by atoms with E-state index in [0.29, 0.717) is 0 Å². The van der Waals surface area contributed by atoms with Crippen molar-refractivity contribution in [3.8, 4) is 0 Å². The first-order valence-electron chi connectivity index (χ1n) is 3.86. The standard InChI is InChI=1S/C6H12N2O4S2.H2S2/c7-3(5(9)10)1-13-14-2-4(8)6(11)12;1-2/h3-4H,1-2,7-8H2,(H,9,10)(H,11,12);1-2H/t3-,4?;/m0./s1. The number of carbonyl (C=O) groups is 2. The Morgan fingerprint density at radius 2 is 1.25 bits per heavy atom. The van der Waals surface area contributed by atoms with Crippen LogP contribution in [-0.4, -0.2) is 45.7 Å². The van der Waals surface area contributed by atoms with E-state index in [0.717, 1.165) is 0 Å². The van der Waals surface area contributed by atoms with Gasteiger partial charge in [0.2, 0.25) is 0 Å². The highest BCUT2D eigenvalue weighted by Gasteiger charge is 2.14. The van der Waals surface area contributed by atoms with E-state index < -0.39 is 24.0 Å². The van der Waals surface area contributed by atoms with Crippen LogP contribution in [0.2, 0.25) is 0 Å². The molecule has 0 aliphatic carbocycles. The predicted molar refractivity (Wildman–Crippen MR) is 74.1 cm³/mol. The van der Waals surface area contributed by atoms with Gasteiger partial charge >= 0.3 is 11.9 Å². The highest BCUT2D eigenvalue weighted by atomic mass is 33.1. The van der Waals surface area contributed by atoms with Crippen molar-refractivity contribution in [1.82, 2.24) is 0 Å². The molecule has 0 bridgehead atoms. The minimum absolute atomic E-state index is 0.229. The quantitative estimate of drug-likeness (QED) is 0.220. The summed E-state index contributed by atoms with van der Waals surface area (Å²) in [5, 5.41) is 16.8. The Balaban J connectivity index is 0. The van der Waals surface area contributed by atoms with Gasteiger partial charge in [0.1, 0.15) is 12.1 Å². The highest BCUT2D eigenvalue weighted by Crippen LogP contribution is 2.22. The van der Waals surface area contributed by atoms with Gasteiger partial charge in [-0.2, -0.15) is 0 Å². The topological polar surface area (TPSA) is 127 Å². The van der Waals surface area contributed by atoms with Crippen molar-refractivity contribution in [2.45, 2.75) is 12.1 Å². The van der Waals surface area contributed by atoms with Crippen molar-refractivity contribution in [2.24, 2.45) is 11.5 Å². The normalized spacial score (nSPS) is 13.2. The van der Waals surface area contributed by atoms with E-state index >= 15 is 0 Å². The first-order chi connectivity index (χ1) is 7.45. The van der Waals surface area contributed by atoms with Gasteiger partial charge in [-0.05, 0) is 0 Å². The third-order valence-corrected chi connectivity index (χ3v) is 3.69. The van der Waals surface area contributed by atoms with Crippen molar-refractivity contribution < 1.29 is 19.8 Å². The molecule has 1 unspecified atom stereocenters. The van der Waals surface area contributed by atoms with E-state index in [1.165, 1.54) is 21.6 Å². The van der Waals surface area contributed by atoms with Crippen LogP contribution in [0.1, 0.15) is 0 Å². The highest BCUT2D eigenvalue weighted by molar-refractivity contribution is 8.76. The maximum absolute atomic E-state index is 10.3. The number of aliphatic carboxylic acids is 2. The van der Waals surface area contributed by atoms with Gasteiger partial charge < -0.3 is 21.7 Å². The summed E-state index contributed by atoms with van der Waals surface area (Å²) >= 11 is 6.44. The molecule has 0 saturated heterocycles. The molecule has 2 atom stereocenters. The van der Waals surface area contributed by atoms with Crippen LogP contribution in [0.15, 0.2) is 0 Å². The Bertz CT molecular complexity index is 197. The molecule has 0 amide bonds. The molecule has 0 saturated carbocycles. The number of carboxylic acids is 2. The number of thiol groups is 2. The number of rotatable bonds is 7. The lowest BCUT2D eigenvalue weighted by molar-refractivity contribution is -0.138. The van der Waals surface area contributed by atoms with Crippen LogP contribution in [0.5, 0.6) is 0 Å². The fraction of sp³-hybridized carbons (Fsp3) is 0.667. The average molecular weight is 306 g/mol. The summed E-state index contributed by atoms with van der Waals surface area (Å²) in [6, 6.07) is -1.85. The third kappa shape index (κ3) is 10.8. The summed E-state index contributed by atoms with van der Waals surface area (Å²) < 4.78 is 0. The van der Waals surface area contributed by atoms with Crippen molar-refractivity contribution in [3.63, 3.8) is 0 Å². The summed E-state index contributed by atoms with van der Waals surface area (Å²) in [7, 11) is 2.41. The minimum Gasteiger partial charge on any atom is -0.480 e. The van der Waals surface area contributed by atoms with Crippen LogP contribution in [-0.2, 0) is 9.59 Å². The lowest BCUT2D eigenvalue weighted by Crippen LogP contribution is -2.33. The van der Waals surface area contributed by atoms with Gasteiger partial charge in [0.15, 0.2) is 0 Å². The SMILES string of the molecule is NC(CSSC[C@H](N)C(=O)O)C(=O)O.SS. The monoisotopic (exact) mass is 306 g/mol. The molecule has 96 valence electrons. The second-order valence-corrected chi connectivity index (χ2v) is 5.01. The molecular formula is C6H14N2O4S4. The Hall–Kier alpha value is 0.260. The van der Waals surface area contributed by atoms with E-state index in [1.54, 1.807) is 0 Å². The fourth-order valence-corrected chi connectivity index (χ4v) is 2.61. The van der Waals surface area contributed by atoms with Gasteiger partial charge in [-0.15, -0.1) is 23.3 Å². The Morgan fingerprint density at radius 3 is 1.44 bits per heavy atom. The maximum atomic E-state index is 10.3. The molecule has 0 rings (SSSR count). The first-order valence-corrected chi connectivity index (χ1v) is 7.95. The molecule has 0 aromatic carbocycles. The Kier molecular flexibility index (Phi) is 13.7. The van der Waals surface area contributed by atoms with Gasteiger partial charge in [0.25, 0.3) is 0 Å². The summed E-state index contributed by atoms with van der Waals surface area (Å²) in [6.07, 6.45) is 0. The van der Waals surface area contributed by atoms with Gasteiger partial charge in [-0.25, -0.2) is 0 Å². The van der Waals surface area contributed by atoms with Gasteiger partial charge in [-0.1, -0.05) is 21.6 Å². The smallest absolute Gasteiger partial charge is 0.321 e.